The molecule has 1 amide bonds. The van der Waals surface area contributed by atoms with Crippen molar-refractivity contribution in [1.29, 1.82) is 0 Å². The van der Waals surface area contributed by atoms with Gasteiger partial charge in [0.2, 0.25) is 5.91 Å². The lowest BCUT2D eigenvalue weighted by Crippen LogP contribution is -2.35. The van der Waals surface area contributed by atoms with Crippen LogP contribution in [0.2, 0.25) is 0 Å². The summed E-state index contributed by atoms with van der Waals surface area (Å²) in [4.78, 5) is 12.5. The zero-order valence-electron chi connectivity index (χ0n) is 12.9. The van der Waals surface area contributed by atoms with Crippen LogP contribution in [0.5, 0.6) is 0 Å². The number of hydrogen-bond acceptors (Lipinski definition) is 2. The van der Waals surface area contributed by atoms with Crippen molar-refractivity contribution >= 4 is 5.91 Å². The Labute approximate surface area is 138 Å². The smallest absolute Gasteiger partial charge is 0.224 e. The van der Waals surface area contributed by atoms with Crippen molar-refractivity contribution in [2.24, 2.45) is 5.92 Å². The molecule has 0 heterocycles. The van der Waals surface area contributed by atoms with Crippen LogP contribution in [-0.4, -0.2) is 17.1 Å². The Morgan fingerprint density at radius 1 is 1.12 bits per heavy atom. The number of benzene rings is 2. The van der Waals surface area contributed by atoms with E-state index in [1.54, 1.807) is 0 Å². The minimum Gasteiger partial charge on any atom is -0.390 e. The van der Waals surface area contributed by atoms with Crippen LogP contribution in [-0.2, 0) is 11.2 Å². The highest BCUT2D eigenvalue weighted by Crippen LogP contribution is 2.49. The fourth-order valence-electron chi connectivity index (χ4n) is 3.64. The number of rotatable bonds is 3. The topological polar surface area (TPSA) is 49.3 Å². The Hall–Kier alpha value is -2.27. The van der Waals surface area contributed by atoms with Crippen molar-refractivity contribution in [3.05, 3.63) is 70.8 Å². The predicted octanol–water partition coefficient (Wildman–Crippen LogP) is 2.84. The summed E-state index contributed by atoms with van der Waals surface area (Å²) in [5.74, 6) is -1.87. The molecular formula is C19H17F2NO2. The number of nitrogens with one attached hydrogen (secondary N) is 1. The van der Waals surface area contributed by atoms with Crippen LogP contribution in [0, 0.1) is 17.6 Å². The number of fused-ring (bicyclic) bond motifs is 1. The van der Waals surface area contributed by atoms with Gasteiger partial charge in [-0.05, 0) is 47.2 Å². The number of hydrogen-bond donors (Lipinski definition) is 2. The largest absolute Gasteiger partial charge is 0.390 e. The van der Waals surface area contributed by atoms with E-state index < -0.39 is 23.8 Å². The van der Waals surface area contributed by atoms with Crippen LogP contribution in [0.3, 0.4) is 0 Å². The predicted molar refractivity (Wildman–Crippen MR) is 84.2 cm³/mol. The average molecular weight is 329 g/mol. The molecule has 0 aromatic heterocycles. The molecule has 0 bridgehead atoms. The number of carbonyl (C=O) groups is 1. The molecule has 3 nitrogen and oxygen atoms in total. The Balaban J connectivity index is 1.48. The molecule has 0 spiro atoms. The summed E-state index contributed by atoms with van der Waals surface area (Å²) in [6, 6.07) is 10.5. The molecule has 1 fully saturated rings. The van der Waals surface area contributed by atoms with Crippen LogP contribution < -0.4 is 5.32 Å². The van der Waals surface area contributed by atoms with Crippen molar-refractivity contribution in [3.63, 3.8) is 0 Å². The molecule has 0 saturated heterocycles. The van der Waals surface area contributed by atoms with Gasteiger partial charge in [-0.1, -0.05) is 24.3 Å². The van der Waals surface area contributed by atoms with E-state index in [1.807, 2.05) is 24.3 Å². The Morgan fingerprint density at radius 2 is 1.92 bits per heavy atom. The lowest BCUT2D eigenvalue weighted by molar-refractivity contribution is -0.123. The zero-order chi connectivity index (χ0) is 16.8. The maximum absolute atomic E-state index is 13.8. The SMILES string of the molecule is O=C(NC1c2ccccc2CC1O)C1CC1c1cc(F)ccc1F. The molecule has 2 aliphatic rings. The van der Waals surface area contributed by atoms with Crippen LogP contribution >= 0.6 is 0 Å². The third-order valence-corrected chi connectivity index (χ3v) is 4.99. The first-order valence-corrected chi connectivity index (χ1v) is 8.06. The fourth-order valence-corrected chi connectivity index (χ4v) is 3.64. The molecule has 4 unspecified atom stereocenters. The molecule has 4 atom stereocenters. The van der Waals surface area contributed by atoms with Crippen LogP contribution in [0.25, 0.3) is 0 Å². The summed E-state index contributed by atoms with van der Waals surface area (Å²) in [5, 5.41) is 13.1. The molecule has 124 valence electrons. The van der Waals surface area contributed by atoms with Crippen molar-refractivity contribution in [2.45, 2.75) is 30.9 Å². The van der Waals surface area contributed by atoms with Gasteiger partial charge in [0, 0.05) is 12.3 Å². The summed E-state index contributed by atoms with van der Waals surface area (Å²) in [7, 11) is 0. The van der Waals surface area contributed by atoms with E-state index in [0.29, 0.717) is 12.8 Å². The van der Waals surface area contributed by atoms with E-state index in [-0.39, 0.29) is 23.3 Å². The monoisotopic (exact) mass is 329 g/mol. The fraction of sp³-hybridized carbons (Fsp3) is 0.316. The van der Waals surface area contributed by atoms with Crippen molar-refractivity contribution in [1.82, 2.24) is 5.32 Å². The summed E-state index contributed by atoms with van der Waals surface area (Å²) in [5.41, 5.74) is 2.20. The zero-order valence-corrected chi connectivity index (χ0v) is 12.9. The van der Waals surface area contributed by atoms with E-state index in [1.165, 1.54) is 0 Å². The highest BCUT2D eigenvalue weighted by molar-refractivity contribution is 5.83. The number of halogens is 2. The second kappa shape index (κ2) is 5.67. The number of aliphatic hydroxyl groups excluding tert-OH is 1. The molecule has 1 saturated carbocycles. The number of amides is 1. The Morgan fingerprint density at radius 3 is 2.75 bits per heavy atom. The minimum atomic E-state index is -0.658. The van der Waals surface area contributed by atoms with E-state index in [4.69, 9.17) is 0 Å². The quantitative estimate of drug-likeness (QED) is 0.910. The van der Waals surface area contributed by atoms with E-state index in [0.717, 1.165) is 29.3 Å². The van der Waals surface area contributed by atoms with Gasteiger partial charge in [-0.2, -0.15) is 0 Å². The molecule has 0 radical (unpaired) electrons. The van der Waals surface area contributed by atoms with Gasteiger partial charge < -0.3 is 10.4 Å². The first-order valence-electron chi connectivity index (χ1n) is 8.06. The van der Waals surface area contributed by atoms with E-state index in [2.05, 4.69) is 5.32 Å². The molecule has 2 aromatic rings. The summed E-state index contributed by atoms with van der Waals surface area (Å²) in [6.07, 6.45) is 0.346. The molecule has 4 rings (SSSR count). The second-order valence-corrected chi connectivity index (χ2v) is 6.57. The Bertz CT molecular complexity index is 808. The van der Waals surface area contributed by atoms with Gasteiger partial charge in [-0.15, -0.1) is 0 Å². The molecular weight excluding hydrogens is 312 g/mol. The van der Waals surface area contributed by atoms with Gasteiger partial charge in [0.15, 0.2) is 0 Å². The van der Waals surface area contributed by atoms with E-state index >= 15 is 0 Å². The first kappa shape index (κ1) is 15.3. The second-order valence-electron chi connectivity index (χ2n) is 6.57. The Kier molecular flexibility index (Phi) is 3.61. The van der Waals surface area contributed by atoms with Crippen molar-refractivity contribution in [2.75, 3.05) is 0 Å². The van der Waals surface area contributed by atoms with E-state index in [9.17, 15) is 18.7 Å². The highest BCUT2D eigenvalue weighted by Gasteiger charge is 2.46. The van der Waals surface area contributed by atoms with Gasteiger partial charge in [0.25, 0.3) is 0 Å². The van der Waals surface area contributed by atoms with Gasteiger partial charge >= 0.3 is 0 Å². The number of aliphatic hydroxyl groups is 1. The van der Waals surface area contributed by atoms with Crippen molar-refractivity contribution < 1.29 is 18.7 Å². The lowest BCUT2D eigenvalue weighted by Gasteiger charge is -2.18. The van der Waals surface area contributed by atoms with Gasteiger partial charge in [-0.25, -0.2) is 8.78 Å². The van der Waals surface area contributed by atoms with Crippen LogP contribution in [0.4, 0.5) is 8.78 Å². The molecule has 2 aliphatic carbocycles. The maximum Gasteiger partial charge on any atom is 0.224 e. The summed E-state index contributed by atoms with van der Waals surface area (Å²) in [6.45, 7) is 0. The van der Waals surface area contributed by atoms with Crippen LogP contribution in [0.15, 0.2) is 42.5 Å². The highest BCUT2D eigenvalue weighted by atomic mass is 19.1. The number of carbonyl (C=O) groups excluding carboxylic acids is 1. The standard InChI is InChI=1S/C19H17F2NO2/c20-11-5-6-16(21)14(8-11)13-9-15(13)19(24)22-18-12-4-2-1-3-10(12)7-17(18)23/h1-6,8,13,15,17-18,23H,7,9H2,(H,22,24). The average Bonchev–Trinajstić information content (AvgIpc) is 3.30. The molecule has 24 heavy (non-hydrogen) atoms. The molecule has 2 aromatic carbocycles. The lowest BCUT2D eigenvalue weighted by atomic mass is 10.1. The summed E-state index contributed by atoms with van der Waals surface area (Å²) < 4.78 is 27.1. The minimum absolute atomic E-state index is 0.218. The van der Waals surface area contributed by atoms with Gasteiger partial charge in [0.1, 0.15) is 11.6 Å². The molecule has 0 aliphatic heterocycles. The normalized spacial score (nSPS) is 27.6. The molecule has 2 N–H and O–H groups in total. The van der Waals surface area contributed by atoms with Crippen molar-refractivity contribution in [3.8, 4) is 0 Å². The third-order valence-electron chi connectivity index (χ3n) is 4.99. The maximum atomic E-state index is 13.8. The van der Waals surface area contributed by atoms with Gasteiger partial charge in [0.05, 0.1) is 12.1 Å². The first-order chi connectivity index (χ1) is 11.5. The van der Waals surface area contributed by atoms with Crippen LogP contribution in [0.1, 0.15) is 35.1 Å². The van der Waals surface area contributed by atoms with Gasteiger partial charge in [-0.3, -0.25) is 4.79 Å². The summed E-state index contributed by atoms with van der Waals surface area (Å²) >= 11 is 0. The third kappa shape index (κ3) is 2.59. The molecule has 5 heteroatoms.